The van der Waals surface area contributed by atoms with Gasteiger partial charge in [0.25, 0.3) is 5.91 Å². The van der Waals surface area contributed by atoms with E-state index in [9.17, 15) is 38.7 Å². The summed E-state index contributed by atoms with van der Waals surface area (Å²) in [6.07, 6.45) is 4.93. The van der Waals surface area contributed by atoms with Crippen molar-refractivity contribution in [2.45, 2.75) is 128 Å². The molecule has 0 spiro atoms. The lowest BCUT2D eigenvalue weighted by Crippen LogP contribution is -2.58. The van der Waals surface area contributed by atoms with Crippen LogP contribution in [-0.4, -0.2) is 88.6 Å². The van der Waals surface area contributed by atoms with E-state index in [0.717, 1.165) is 30.4 Å². The zero-order valence-electron chi connectivity index (χ0n) is 33.2. The van der Waals surface area contributed by atoms with Crippen molar-refractivity contribution in [1.29, 1.82) is 0 Å². The first-order valence-electron chi connectivity index (χ1n) is 20.3. The van der Waals surface area contributed by atoms with Crippen LogP contribution in [0.4, 0.5) is 0 Å². The maximum Gasteiger partial charge on any atom is 0.303 e. The number of Topliss-reactive ketones (excluding diaryl/α,β-unsaturated/α-hetero) is 1. The van der Waals surface area contributed by atoms with Crippen molar-refractivity contribution in [3.8, 4) is 0 Å². The van der Waals surface area contributed by atoms with Crippen molar-refractivity contribution in [3.63, 3.8) is 0 Å². The first-order chi connectivity index (χ1) is 27.4. The quantitative estimate of drug-likeness (QED) is 0.0867. The van der Waals surface area contributed by atoms with Crippen LogP contribution in [0.1, 0.15) is 108 Å². The lowest BCUT2D eigenvalue weighted by Gasteiger charge is -2.35. The summed E-state index contributed by atoms with van der Waals surface area (Å²) >= 11 is 0. The number of benzene rings is 2. The van der Waals surface area contributed by atoms with Crippen LogP contribution >= 0.6 is 0 Å². The molecular weight excluding hydrogens is 730 g/mol. The van der Waals surface area contributed by atoms with Gasteiger partial charge < -0.3 is 36.4 Å². The fourth-order valence-electron chi connectivity index (χ4n) is 7.88. The molecule has 6 atom stereocenters. The molecule has 4 rings (SSSR count). The zero-order valence-corrected chi connectivity index (χ0v) is 33.2. The Morgan fingerprint density at radius 3 is 2.19 bits per heavy atom. The summed E-state index contributed by atoms with van der Waals surface area (Å²) in [5.74, 6) is -5.85. The third-order valence-corrected chi connectivity index (χ3v) is 10.9. The van der Waals surface area contributed by atoms with Gasteiger partial charge in [0, 0.05) is 32.4 Å². The van der Waals surface area contributed by atoms with Crippen molar-refractivity contribution in [3.05, 3.63) is 71.8 Å². The standard InChI is InChI=1S/C43H59N5O9/c1-3-14-34(39(52)42(55)45-22-13-21-33(40(44)53)30-17-9-5-10-18-30)46-41(54)35-25-32(57-27-29-15-7-4-8-16-29)26-48(35)43(56)38(31-19-11-6-12-20-31)47-36(49)23-28(2)24-37(50)51/h4-5,7-10,15-18,28,31-35,38H,3,6,11-14,19-27H2,1-2H3,(H2,44,53)(H,45,55)(H,46,54)(H,47,49)(H,50,51). The number of likely N-dealkylation sites (tertiary alicyclic amines) is 1. The third-order valence-electron chi connectivity index (χ3n) is 10.9. The van der Waals surface area contributed by atoms with Gasteiger partial charge in [-0.2, -0.15) is 0 Å². The molecule has 6 unspecified atom stereocenters. The fourth-order valence-corrected chi connectivity index (χ4v) is 7.88. The molecule has 0 radical (unpaired) electrons. The van der Waals surface area contributed by atoms with Crippen LogP contribution in [0.3, 0.4) is 0 Å². The van der Waals surface area contributed by atoms with E-state index in [0.29, 0.717) is 32.1 Å². The van der Waals surface area contributed by atoms with Crippen LogP contribution in [-0.2, 0) is 44.9 Å². The molecule has 6 N–H and O–H groups in total. The summed E-state index contributed by atoms with van der Waals surface area (Å²) in [5.41, 5.74) is 7.31. The van der Waals surface area contributed by atoms with E-state index in [1.165, 1.54) is 4.90 Å². The van der Waals surface area contributed by atoms with Crippen LogP contribution in [0.15, 0.2) is 60.7 Å². The number of aliphatic carboxylic acids is 1. The number of nitrogens with two attached hydrogens (primary N) is 1. The maximum absolute atomic E-state index is 14.6. The summed E-state index contributed by atoms with van der Waals surface area (Å²) in [7, 11) is 0. The minimum absolute atomic E-state index is 0.0699. The molecule has 1 saturated carbocycles. The molecule has 57 heavy (non-hydrogen) atoms. The molecule has 5 amide bonds. The van der Waals surface area contributed by atoms with E-state index in [1.54, 1.807) is 6.92 Å². The molecule has 2 aromatic rings. The lowest BCUT2D eigenvalue weighted by atomic mass is 9.83. The van der Waals surface area contributed by atoms with E-state index < -0.39 is 77.4 Å². The molecule has 2 aliphatic rings. The average molecular weight is 790 g/mol. The Morgan fingerprint density at radius 2 is 1.56 bits per heavy atom. The van der Waals surface area contributed by atoms with Gasteiger partial charge in [-0.3, -0.25) is 33.6 Å². The van der Waals surface area contributed by atoms with Gasteiger partial charge in [-0.25, -0.2) is 0 Å². The van der Waals surface area contributed by atoms with E-state index in [2.05, 4.69) is 16.0 Å². The monoisotopic (exact) mass is 789 g/mol. The minimum atomic E-state index is -1.16. The molecule has 14 heteroatoms. The highest BCUT2D eigenvalue weighted by molar-refractivity contribution is 6.38. The number of carbonyl (C=O) groups excluding carboxylic acids is 6. The fraction of sp³-hybridized carbons (Fsp3) is 0.558. The Hall–Kier alpha value is -5.11. The predicted molar refractivity (Wildman–Crippen MR) is 212 cm³/mol. The zero-order chi connectivity index (χ0) is 41.3. The molecule has 1 aliphatic carbocycles. The second kappa shape index (κ2) is 22.6. The number of nitrogens with one attached hydrogen (secondary N) is 3. The number of amides is 5. The first-order valence-corrected chi connectivity index (χ1v) is 20.3. The number of carbonyl (C=O) groups is 7. The van der Waals surface area contributed by atoms with E-state index in [4.69, 9.17) is 10.5 Å². The van der Waals surface area contributed by atoms with Crippen molar-refractivity contribution in [2.24, 2.45) is 17.6 Å². The van der Waals surface area contributed by atoms with Gasteiger partial charge in [-0.1, -0.05) is 100 Å². The predicted octanol–water partition coefficient (Wildman–Crippen LogP) is 3.76. The molecule has 1 heterocycles. The van der Waals surface area contributed by atoms with Gasteiger partial charge in [-0.15, -0.1) is 0 Å². The Kier molecular flexibility index (Phi) is 17.7. The first kappa shape index (κ1) is 44.6. The minimum Gasteiger partial charge on any atom is -0.481 e. The molecular formula is C43H59N5O9. The van der Waals surface area contributed by atoms with Crippen LogP contribution in [0, 0.1) is 11.8 Å². The number of ether oxygens (including phenoxy) is 1. The summed E-state index contributed by atoms with van der Waals surface area (Å²) in [6.45, 7) is 3.92. The molecule has 1 saturated heterocycles. The number of nitrogens with zero attached hydrogens (tertiary/aromatic N) is 1. The Balaban J connectivity index is 1.47. The number of carboxylic acid groups (broad SMARTS) is 1. The van der Waals surface area contributed by atoms with E-state index in [-0.39, 0.29) is 51.3 Å². The second-order valence-corrected chi connectivity index (χ2v) is 15.5. The highest BCUT2D eigenvalue weighted by Crippen LogP contribution is 2.31. The third kappa shape index (κ3) is 13.8. The average Bonchev–Trinajstić information content (AvgIpc) is 3.63. The Labute approximate surface area is 335 Å². The smallest absolute Gasteiger partial charge is 0.303 e. The molecule has 2 fully saturated rings. The number of carboxylic acids is 1. The highest BCUT2D eigenvalue weighted by Gasteiger charge is 2.45. The number of rotatable bonds is 22. The molecule has 310 valence electrons. The molecule has 14 nitrogen and oxygen atoms in total. The SMILES string of the molecule is CCCC(NC(=O)C1CC(OCc2ccccc2)CN1C(=O)C(NC(=O)CC(C)CC(=O)O)C1CCCCC1)C(=O)C(=O)NCCCC(C(N)=O)c1ccccc1. The topological polar surface area (TPSA) is 214 Å². The molecule has 1 aliphatic heterocycles. The van der Waals surface area contributed by atoms with Gasteiger partial charge in [0.1, 0.15) is 12.1 Å². The normalized spacial score (nSPS) is 19.1. The number of primary amides is 1. The van der Waals surface area contributed by atoms with E-state index >= 15 is 0 Å². The van der Waals surface area contributed by atoms with Gasteiger partial charge in [0.05, 0.1) is 24.7 Å². The summed E-state index contributed by atoms with van der Waals surface area (Å²) < 4.78 is 6.22. The van der Waals surface area contributed by atoms with Crippen molar-refractivity contribution < 1.29 is 43.4 Å². The lowest BCUT2D eigenvalue weighted by molar-refractivity contribution is -0.144. The Bertz CT molecular complexity index is 1670. The van der Waals surface area contributed by atoms with Crippen LogP contribution in [0.25, 0.3) is 0 Å². The number of hydrogen-bond acceptors (Lipinski definition) is 8. The van der Waals surface area contributed by atoms with Crippen molar-refractivity contribution in [2.75, 3.05) is 13.1 Å². The van der Waals surface area contributed by atoms with Crippen LogP contribution in [0.2, 0.25) is 0 Å². The summed E-state index contributed by atoms with van der Waals surface area (Å²) in [5, 5.41) is 17.5. The number of ketones is 1. The van der Waals surface area contributed by atoms with Crippen LogP contribution in [0.5, 0.6) is 0 Å². The van der Waals surface area contributed by atoms with Crippen molar-refractivity contribution in [1.82, 2.24) is 20.9 Å². The Morgan fingerprint density at radius 1 is 0.895 bits per heavy atom. The van der Waals surface area contributed by atoms with Gasteiger partial charge >= 0.3 is 5.97 Å². The van der Waals surface area contributed by atoms with E-state index in [1.807, 2.05) is 67.6 Å². The summed E-state index contributed by atoms with van der Waals surface area (Å²) in [6, 6.07) is 15.4. The maximum atomic E-state index is 14.6. The van der Waals surface area contributed by atoms with Crippen LogP contribution < -0.4 is 21.7 Å². The van der Waals surface area contributed by atoms with Gasteiger partial charge in [0.15, 0.2) is 0 Å². The summed E-state index contributed by atoms with van der Waals surface area (Å²) in [4.78, 5) is 93.4. The molecule has 0 bridgehead atoms. The molecule has 0 aromatic heterocycles. The molecule has 2 aromatic carbocycles. The highest BCUT2D eigenvalue weighted by atomic mass is 16.5. The second-order valence-electron chi connectivity index (χ2n) is 15.5. The van der Waals surface area contributed by atoms with Crippen molar-refractivity contribution >= 4 is 41.3 Å². The number of hydrogen-bond donors (Lipinski definition) is 5. The van der Waals surface area contributed by atoms with Gasteiger partial charge in [0.2, 0.25) is 29.4 Å². The van der Waals surface area contributed by atoms with Gasteiger partial charge in [-0.05, 0) is 55.1 Å². The largest absolute Gasteiger partial charge is 0.481 e.